The molecule has 0 aromatic heterocycles. The first kappa shape index (κ1) is 21.2. The number of nitrogens with zero attached hydrogens (tertiary/aromatic N) is 1. The molecule has 10 heteroatoms. The third-order valence-corrected chi connectivity index (χ3v) is 3.63. The molecular formula is C18H15F3N3O3S-. The molecule has 0 aliphatic rings. The van der Waals surface area contributed by atoms with Gasteiger partial charge < -0.3 is 20.0 Å². The number of anilines is 1. The molecule has 6 nitrogen and oxygen atoms in total. The highest BCUT2D eigenvalue weighted by Gasteiger charge is 2.33. The number of carboxylic acid groups (broad SMARTS) is 1. The summed E-state index contributed by atoms with van der Waals surface area (Å²) in [5, 5.41) is 16.7. The average Bonchev–Trinajstić information content (AvgIpc) is 2.64. The standard InChI is InChI=1S/C18H16F3N3O3S/c1-11(12-6-8-13(9-7-12)27-10-16(25)26)23-24-17(28)22-15-5-3-2-4-14(15)18(19,20)21/h2-9H,10H2,1H3,(H,25,26)(H2,22,24,28)/p-1/b23-11-. The summed E-state index contributed by atoms with van der Waals surface area (Å²) in [4.78, 5) is 10.4. The largest absolute Gasteiger partial charge is 0.546 e. The van der Waals surface area contributed by atoms with E-state index in [1.165, 1.54) is 18.2 Å². The third-order valence-electron chi connectivity index (χ3n) is 3.43. The summed E-state index contributed by atoms with van der Waals surface area (Å²) in [6.45, 7) is 1.10. The van der Waals surface area contributed by atoms with Crippen molar-refractivity contribution in [1.82, 2.24) is 5.43 Å². The minimum absolute atomic E-state index is 0.107. The molecule has 0 saturated carbocycles. The quantitative estimate of drug-likeness (QED) is 0.433. The fourth-order valence-electron chi connectivity index (χ4n) is 2.12. The van der Waals surface area contributed by atoms with E-state index >= 15 is 0 Å². The first-order valence-electron chi connectivity index (χ1n) is 7.87. The molecule has 148 valence electrons. The lowest BCUT2D eigenvalue weighted by Gasteiger charge is -2.14. The van der Waals surface area contributed by atoms with Crippen molar-refractivity contribution in [3.05, 3.63) is 59.7 Å². The number of rotatable bonds is 6. The summed E-state index contributed by atoms with van der Waals surface area (Å²) >= 11 is 4.99. The van der Waals surface area contributed by atoms with E-state index in [4.69, 9.17) is 17.0 Å². The molecule has 0 bridgehead atoms. The third kappa shape index (κ3) is 6.23. The number of alkyl halides is 3. The molecule has 0 spiro atoms. The Morgan fingerprint density at radius 3 is 2.43 bits per heavy atom. The number of benzene rings is 2. The number of carbonyl (C=O) groups is 1. The monoisotopic (exact) mass is 410 g/mol. The number of aliphatic carboxylic acids is 1. The van der Waals surface area contributed by atoms with Crippen LogP contribution < -0.4 is 20.6 Å². The van der Waals surface area contributed by atoms with E-state index in [9.17, 15) is 23.1 Å². The molecule has 0 aliphatic carbocycles. The summed E-state index contributed by atoms with van der Waals surface area (Å²) in [5.41, 5.74) is 2.63. The highest BCUT2D eigenvalue weighted by Crippen LogP contribution is 2.34. The van der Waals surface area contributed by atoms with Crippen molar-refractivity contribution in [1.29, 1.82) is 0 Å². The van der Waals surface area contributed by atoms with Crippen LogP contribution in [0.2, 0.25) is 0 Å². The smallest absolute Gasteiger partial charge is 0.418 e. The molecule has 0 atom stereocenters. The maximum Gasteiger partial charge on any atom is 0.418 e. The number of ether oxygens (including phenoxy) is 1. The Bertz CT molecular complexity index is 884. The van der Waals surface area contributed by atoms with Gasteiger partial charge in [0.2, 0.25) is 0 Å². The van der Waals surface area contributed by atoms with Gasteiger partial charge in [0.15, 0.2) is 5.11 Å². The van der Waals surface area contributed by atoms with Crippen molar-refractivity contribution in [2.75, 3.05) is 11.9 Å². The van der Waals surface area contributed by atoms with E-state index < -0.39 is 24.3 Å². The Morgan fingerprint density at radius 2 is 1.82 bits per heavy atom. The van der Waals surface area contributed by atoms with Gasteiger partial charge in [0, 0.05) is 0 Å². The van der Waals surface area contributed by atoms with E-state index in [2.05, 4.69) is 15.8 Å². The van der Waals surface area contributed by atoms with Gasteiger partial charge in [-0.25, -0.2) is 0 Å². The van der Waals surface area contributed by atoms with E-state index in [-0.39, 0.29) is 10.8 Å². The van der Waals surface area contributed by atoms with Crippen molar-refractivity contribution in [3.8, 4) is 5.75 Å². The van der Waals surface area contributed by atoms with Gasteiger partial charge in [-0.05, 0) is 61.1 Å². The number of thiocarbonyl (C=S) groups is 1. The number of hydrazone groups is 1. The van der Waals surface area contributed by atoms with Crippen LogP contribution in [0.4, 0.5) is 18.9 Å². The Labute approximate surface area is 164 Å². The fraction of sp³-hybridized carbons (Fsp3) is 0.167. The maximum atomic E-state index is 13.0. The molecule has 0 unspecified atom stereocenters. The van der Waals surface area contributed by atoms with Crippen molar-refractivity contribution in [2.45, 2.75) is 13.1 Å². The second kappa shape index (κ2) is 9.18. The molecule has 0 saturated heterocycles. The normalized spacial score (nSPS) is 11.6. The predicted molar refractivity (Wildman–Crippen MR) is 100.0 cm³/mol. The van der Waals surface area contributed by atoms with Crippen molar-refractivity contribution in [3.63, 3.8) is 0 Å². The van der Waals surface area contributed by atoms with Crippen LogP contribution in [-0.4, -0.2) is 23.4 Å². The van der Waals surface area contributed by atoms with Crippen molar-refractivity contribution in [2.24, 2.45) is 5.10 Å². The molecule has 0 radical (unpaired) electrons. The van der Waals surface area contributed by atoms with Gasteiger partial charge in [-0.1, -0.05) is 12.1 Å². The van der Waals surface area contributed by atoms with Gasteiger partial charge >= 0.3 is 6.18 Å². The van der Waals surface area contributed by atoms with Crippen molar-refractivity contribution >= 4 is 34.7 Å². The Kier molecular flexibility index (Phi) is 6.94. The van der Waals surface area contributed by atoms with E-state index in [0.717, 1.165) is 6.07 Å². The average molecular weight is 410 g/mol. The number of carboxylic acids is 1. The summed E-state index contributed by atoms with van der Waals surface area (Å²) in [6, 6.07) is 11.3. The maximum absolute atomic E-state index is 13.0. The topological polar surface area (TPSA) is 85.8 Å². The molecule has 2 rings (SSSR count). The Morgan fingerprint density at radius 1 is 1.18 bits per heavy atom. The van der Waals surface area contributed by atoms with Crippen LogP contribution in [0.3, 0.4) is 0 Å². The second-order valence-electron chi connectivity index (χ2n) is 5.49. The highest BCUT2D eigenvalue weighted by atomic mass is 32.1. The zero-order chi connectivity index (χ0) is 20.7. The number of halogens is 3. The molecule has 2 N–H and O–H groups in total. The Hall–Kier alpha value is -3.14. The fourth-order valence-corrected chi connectivity index (χ4v) is 2.28. The Balaban J connectivity index is 2.00. The zero-order valence-electron chi connectivity index (χ0n) is 14.5. The van der Waals surface area contributed by atoms with Crippen LogP contribution in [0.1, 0.15) is 18.1 Å². The molecular weight excluding hydrogens is 395 g/mol. The van der Waals surface area contributed by atoms with Crippen LogP contribution in [0.15, 0.2) is 53.6 Å². The van der Waals surface area contributed by atoms with Gasteiger partial charge in [0.1, 0.15) is 12.4 Å². The number of nitrogens with one attached hydrogen (secondary N) is 2. The minimum atomic E-state index is -4.51. The minimum Gasteiger partial charge on any atom is -0.546 e. The zero-order valence-corrected chi connectivity index (χ0v) is 15.4. The van der Waals surface area contributed by atoms with E-state index in [1.54, 1.807) is 31.2 Å². The lowest BCUT2D eigenvalue weighted by molar-refractivity contribution is -0.307. The summed E-state index contributed by atoms with van der Waals surface area (Å²) in [6.07, 6.45) is -4.51. The van der Waals surface area contributed by atoms with Crippen LogP contribution in [0.25, 0.3) is 0 Å². The van der Waals surface area contributed by atoms with Crippen LogP contribution in [-0.2, 0) is 11.0 Å². The van der Waals surface area contributed by atoms with Crippen LogP contribution in [0, 0.1) is 0 Å². The number of hydrogen-bond acceptors (Lipinski definition) is 5. The number of hydrogen-bond donors (Lipinski definition) is 2. The first-order chi connectivity index (χ1) is 13.2. The van der Waals surface area contributed by atoms with E-state index in [0.29, 0.717) is 17.0 Å². The van der Waals surface area contributed by atoms with Crippen LogP contribution in [0.5, 0.6) is 5.75 Å². The van der Waals surface area contributed by atoms with Gasteiger partial charge in [-0.2, -0.15) is 18.3 Å². The molecule has 2 aromatic carbocycles. The van der Waals surface area contributed by atoms with Crippen molar-refractivity contribution < 1.29 is 27.8 Å². The second-order valence-corrected chi connectivity index (χ2v) is 5.90. The SMILES string of the molecule is C/C(=N/NC(=S)Nc1ccccc1C(F)(F)F)c1ccc(OCC(=O)[O-])cc1. The molecule has 0 amide bonds. The van der Waals surface area contributed by atoms with Gasteiger partial charge in [0.25, 0.3) is 0 Å². The molecule has 2 aromatic rings. The summed E-state index contributed by atoms with van der Waals surface area (Å²) in [5.74, 6) is -0.992. The molecule has 28 heavy (non-hydrogen) atoms. The number of para-hydroxylation sites is 1. The van der Waals surface area contributed by atoms with Crippen LogP contribution >= 0.6 is 12.2 Å². The molecule has 0 heterocycles. The summed E-state index contributed by atoms with van der Waals surface area (Å²) in [7, 11) is 0. The van der Waals surface area contributed by atoms with Gasteiger partial charge in [-0.3, -0.25) is 5.43 Å². The highest BCUT2D eigenvalue weighted by molar-refractivity contribution is 7.80. The molecule has 0 fully saturated rings. The number of carbonyl (C=O) groups excluding carboxylic acids is 1. The van der Waals surface area contributed by atoms with Gasteiger partial charge in [-0.15, -0.1) is 0 Å². The predicted octanol–water partition coefficient (Wildman–Crippen LogP) is 2.54. The molecule has 0 aliphatic heterocycles. The lowest BCUT2D eigenvalue weighted by Crippen LogP contribution is -2.28. The lowest BCUT2D eigenvalue weighted by atomic mass is 10.1. The summed E-state index contributed by atoms with van der Waals surface area (Å²) < 4.78 is 43.9. The first-order valence-corrected chi connectivity index (χ1v) is 8.28. The van der Waals surface area contributed by atoms with Gasteiger partial charge in [0.05, 0.1) is 22.9 Å². The van der Waals surface area contributed by atoms with E-state index in [1.807, 2.05) is 0 Å².